The van der Waals surface area contributed by atoms with Crippen LogP contribution < -0.4 is 10.1 Å². The van der Waals surface area contributed by atoms with Gasteiger partial charge in [0.25, 0.3) is 5.91 Å². The fourth-order valence-electron chi connectivity index (χ4n) is 3.34. The number of halogens is 2. The minimum atomic E-state index is -0.215. The van der Waals surface area contributed by atoms with Crippen LogP contribution >= 0.6 is 46.3 Å². The molecule has 1 aliphatic rings. The molecule has 0 radical (unpaired) electrons. The van der Waals surface area contributed by atoms with Crippen LogP contribution in [0.4, 0.5) is 5.69 Å². The molecule has 1 amide bonds. The van der Waals surface area contributed by atoms with Gasteiger partial charge in [-0.3, -0.25) is 4.79 Å². The average molecular weight is 511 g/mol. The van der Waals surface area contributed by atoms with Gasteiger partial charge in [-0.05, 0) is 64.9 Å². The fourth-order valence-corrected chi connectivity index (χ4v) is 5.44. The van der Waals surface area contributed by atoms with Crippen molar-refractivity contribution in [1.82, 2.24) is 4.98 Å². The van der Waals surface area contributed by atoms with Gasteiger partial charge in [0.2, 0.25) is 5.88 Å². The molecule has 33 heavy (non-hydrogen) atoms. The molecule has 1 aliphatic heterocycles. The van der Waals surface area contributed by atoms with Crippen molar-refractivity contribution in [1.29, 1.82) is 0 Å². The van der Waals surface area contributed by atoms with Crippen LogP contribution in [0, 0.1) is 0 Å². The molecule has 4 nitrogen and oxygen atoms in total. The van der Waals surface area contributed by atoms with Crippen LogP contribution in [0.1, 0.15) is 20.5 Å². The Labute approximate surface area is 208 Å². The number of nitrogens with zero attached hydrogens (tertiary/aromatic N) is 1. The van der Waals surface area contributed by atoms with E-state index in [2.05, 4.69) is 46.1 Å². The Morgan fingerprint density at radius 1 is 1.00 bits per heavy atom. The van der Waals surface area contributed by atoms with Crippen LogP contribution in [0.15, 0.2) is 84.3 Å². The Morgan fingerprint density at radius 2 is 1.85 bits per heavy atom. The molecule has 0 saturated carbocycles. The molecular weight excluding hydrogens is 495 g/mol. The van der Waals surface area contributed by atoms with Crippen molar-refractivity contribution in [3.05, 3.63) is 105 Å². The topological polar surface area (TPSA) is 51.2 Å². The first-order valence-electron chi connectivity index (χ1n) is 9.98. The number of pyridine rings is 1. The molecule has 1 unspecified atom stereocenters. The Morgan fingerprint density at radius 3 is 2.64 bits per heavy atom. The van der Waals surface area contributed by atoms with Gasteiger partial charge < -0.3 is 10.1 Å². The van der Waals surface area contributed by atoms with Gasteiger partial charge in [-0.25, -0.2) is 4.98 Å². The second-order valence-electron chi connectivity index (χ2n) is 7.20. The average Bonchev–Trinajstić information content (AvgIpc) is 3.24. The Bertz CT molecular complexity index is 1400. The first-order valence-corrected chi connectivity index (χ1v) is 12.5. The molecule has 5 rings (SSSR count). The summed E-state index contributed by atoms with van der Waals surface area (Å²) in [6.45, 7) is 0. The largest absolute Gasteiger partial charge is 0.439 e. The first-order chi connectivity index (χ1) is 16.0. The maximum atomic E-state index is 12.9. The Hall–Kier alpha value is -2.77. The molecular formula is C25H16Cl2N2O2S2. The molecule has 1 atom stereocenters. The number of allylic oxidation sites excluding steroid dienone is 2. The Balaban J connectivity index is 1.34. The number of aromatic nitrogens is 1. The van der Waals surface area contributed by atoms with E-state index in [1.807, 2.05) is 12.1 Å². The van der Waals surface area contributed by atoms with Crippen molar-refractivity contribution in [3.63, 3.8) is 0 Å². The number of amides is 1. The lowest BCUT2D eigenvalue weighted by atomic mass is 10.1. The Kier molecular flexibility index (Phi) is 6.42. The van der Waals surface area contributed by atoms with Gasteiger partial charge in [0.15, 0.2) is 0 Å². The fraction of sp³-hybridized carbons (Fsp3) is 0.0400. The summed E-state index contributed by atoms with van der Waals surface area (Å²) >= 11 is 15.3. The maximum absolute atomic E-state index is 12.9. The molecule has 3 heterocycles. The summed E-state index contributed by atoms with van der Waals surface area (Å²) in [6.07, 6.45) is 6.26. The maximum Gasteiger partial charge on any atom is 0.265 e. The third kappa shape index (κ3) is 5.25. The minimum absolute atomic E-state index is 0.213. The van der Waals surface area contributed by atoms with Crippen molar-refractivity contribution in [2.45, 2.75) is 5.25 Å². The van der Waals surface area contributed by atoms with Gasteiger partial charge in [0, 0.05) is 21.5 Å². The van der Waals surface area contributed by atoms with Crippen molar-refractivity contribution in [2.24, 2.45) is 0 Å². The molecule has 8 heteroatoms. The highest BCUT2D eigenvalue weighted by atomic mass is 35.5. The summed E-state index contributed by atoms with van der Waals surface area (Å²) in [4.78, 5) is 17.7. The van der Waals surface area contributed by atoms with Crippen molar-refractivity contribution in [2.75, 3.05) is 5.32 Å². The van der Waals surface area contributed by atoms with Crippen LogP contribution in [-0.2, 0) is 0 Å². The lowest BCUT2D eigenvalue weighted by molar-refractivity contribution is 0.103. The van der Waals surface area contributed by atoms with Crippen LogP contribution in [0.3, 0.4) is 0 Å². The predicted octanol–water partition coefficient (Wildman–Crippen LogP) is 8.51. The van der Waals surface area contributed by atoms with Gasteiger partial charge in [0.05, 0.1) is 10.1 Å². The molecule has 1 N–H and O–H groups in total. The quantitative estimate of drug-likeness (QED) is 0.273. The highest BCUT2D eigenvalue weighted by molar-refractivity contribution is 8.02. The molecule has 0 aliphatic carbocycles. The standard InChI is InChI=1S/C25H16Cl2N2O2S2/c26-17-5-7-19(8-6-17)31-24-14-18(13-23(27)29-24)28-25(30)22-12-16-11-15(4-9-21(16)33-22)20-3-1-2-10-32-20/h1-14,20H,(H,28,29,30). The second kappa shape index (κ2) is 9.61. The van der Waals surface area contributed by atoms with E-state index in [1.165, 1.54) is 16.9 Å². The minimum Gasteiger partial charge on any atom is -0.439 e. The van der Waals surface area contributed by atoms with E-state index in [4.69, 9.17) is 27.9 Å². The highest BCUT2D eigenvalue weighted by Crippen LogP contribution is 2.37. The lowest BCUT2D eigenvalue weighted by Crippen LogP contribution is -2.10. The number of ether oxygens (including phenoxy) is 1. The first kappa shape index (κ1) is 22.0. The number of hydrogen-bond acceptors (Lipinski definition) is 5. The number of anilines is 1. The summed E-state index contributed by atoms with van der Waals surface area (Å²) in [7, 11) is 0. The predicted molar refractivity (Wildman–Crippen MR) is 139 cm³/mol. The molecule has 0 saturated heterocycles. The third-order valence-electron chi connectivity index (χ3n) is 4.86. The van der Waals surface area contributed by atoms with E-state index in [-0.39, 0.29) is 22.2 Å². The molecule has 4 aromatic rings. The number of carbonyl (C=O) groups is 1. The second-order valence-corrected chi connectivity index (χ2v) is 10.2. The number of thioether (sulfide) groups is 1. The molecule has 164 valence electrons. The number of rotatable bonds is 5. The van der Waals surface area contributed by atoms with Crippen molar-refractivity contribution >= 4 is 68.0 Å². The lowest BCUT2D eigenvalue weighted by Gasteiger charge is -2.12. The van der Waals surface area contributed by atoms with E-state index in [9.17, 15) is 4.79 Å². The number of hydrogen-bond donors (Lipinski definition) is 1. The normalized spacial score (nSPS) is 15.0. The smallest absolute Gasteiger partial charge is 0.265 e. The molecule has 0 bridgehead atoms. The van der Waals surface area contributed by atoms with Crippen LogP contribution in [0.5, 0.6) is 11.6 Å². The summed E-state index contributed by atoms with van der Waals surface area (Å²) in [6, 6.07) is 18.4. The van der Waals surface area contributed by atoms with Gasteiger partial charge in [-0.2, -0.15) is 0 Å². The van der Waals surface area contributed by atoms with Crippen LogP contribution in [-0.4, -0.2) is 10.9 Å². The molecule has 2 aromatic carbocycles. The summed E-state index contributed by atoms with van der Waals surface area (Å²) < 4.78 is 6.80. The summed E-state index contributed by atoms with van der Waals surface area (Å²) in [5.41, 5.74) is 1.71. The zero-order valence-electron chi connectivity index (χ0n) is 17.0. The van der Waals surface area contributed by atoms with E-state index in [1.54, 1.807) is 48.2 Å². The molecule has 0 spiro atoms. The van der Waals surface area contributed by atoms with Gasteiger partial charge in [-0.1, -0.05) is 47.5 Å². The zero-order valence-corrected chi connectivity index (χ0v) is 20.1. The SMILES string of the molecule is O=C(Nc1cc(Cl)nc(Oc2ccc(Cl)cc2)c1)c1cc2cc(C3C=CC=CS3)ccc2s1. The van der Waals surface area contributed by atoms with Gasteiger partial charge >= 0.3 is 0 Å². The summed E-state index contributed by atoms with van der Waals surface area (Å²) in [5.74, 6) is 0.619. The molecule has 0 fully saturated rings. The van der Waals surface area contributed by atoms with E-state index in [0.717, 1.165) is 10.1 Å². The monoisotopic (exact) mass is 510 g/mol. The number of nitrogens with one attached hydrogen (secondary N) is 1. The van der Waals surface area contributed by atoms with Crippen LogP contribution in [0.25, 0.3) is 10.1 Å². The van der Waals surface area contributed by atoms with Crippen molar-refractivity contribution < 1.29 is 9.53 Å². The van der Waals surface area contributed by atoms with Crippen molar-refractivity contribution in [3.8, 4) is 11.6 Å². The van der Waals surface area contributed by atoms with E-state index < -0.39 is 0 Å². The van der Waals surface area contributed by atoms with E-state index in [0.29, 0.717) is 21.3 Å². The van der Waals surface area contributed by atoms with E-state index >= 15 is 0 Å². The zero-order chi connectivity index (χ0) is 22.8. The van der Waals surface area contributed by atoms with Gasteiger partial charge in [-0.15, -0.1) is 23.1 Å². The molecule has 2 aromatic heterocycles. The van der Waals surface area contributed by atoms with Gasteiger partial charge in [0.1, 0.15) is 10.9 Å². The number of benzene rings is 2. The number of thiophene rings is 1. The number of carbonyl (C=O) groups excluding carboxylic acids is 1. The third-order valence-corrected chi connectivity index (χ3v) is 7.46. The summed E-state index contributed by atoms with van der Waals surface area (Å²) in [5, 5.41) is 7.14. The van der Waals surface area contributed by atoms with Crippen LogP contribution in [0.2, 0.25) is 10.2 Å². The number of fused-ring (bicyclic) bond motifs is 1. The highest BCUT2D eigenvalue weighted by Gasteiger charge is 2.15.